The average Bonchev–Trinajstić information content (AvgIpc) is 3.62. The number of hydrogen-bond acceptors (Lipinski definition) is 10. The van der Waals surface area contributed by atoms with Crippen LogP contribution in [0.5, 0.6) is 23.1 Å². The van der Waals surface area contributed by atoms with Gasteiger partial charge in [0.2, 0.25) is 6.79 Å². The first-order valence-corrected chi connectivity index (χ1v) is 12.0. The van der Waals surface area contributed by atoms with Crippen molar-refractivity contribution in [3.63, 3.8) is 0 Å². The van der Waals surface area contributed by atoms with Crippen LogP contribution in [0.3, 0.4) is 0 Å². The summed E-state index contributed by atoms with van der Waals surface area (Å²) in [5.74, 6) is 2.79. The summed E-state index contributed by atoms with van der Waals surface area (Å²) in [5, 5.41) is 10.6. The number of benzene rings is 1. The topological polar surface area (TPSA) is 134 Å². The highest BCUT2D eigenvalue weighted by Crippen LogP contribution is 2.35. The quantitative estimate of drug-likeness (QED) is 0.309. The number of amides is 1. The number of aromatic nitrogens is 5. The molecule has 6 rings (SSSR count). The molecule has 196 valence electrons. The number of ether oxygens (including phenoxy) is 4. The molecule has 0 fully saturated rings. The molecule has 1 aromatic carbocycles. The van der Waals surface area contributed by atoms with Crippen LogP contribution in [0.15, 0.2) is 67.0 Å². The monoisotopic (exact) mass is 525 g/mol. The number of hydrogen-bond donors (Lipinski definition) is 2. The Hall–Kier alpha value is -5.39. The lowest BCUT2D eigenvalue weighted by Gasteiger charge is -2.08. The lowest BCUT2D eigenvalue weighted by atomic mass is 10.1. The van der Waals surface area contributed by atoms with Gasteiger partial charge < -0.3 is 29.6 Å². The number of carbonyl (C=O) groups excluding carboxylic acids is 1. The minimum Gasteiger partial charge on any atom is -0.491 e. The fourth-order valence-electron chi connectivity index (χ4n) is 4.13. The van der Waals surface area contributed by atoms with Gasteiger partial charge in [-0.05, 0) is 36.4 Å². The summed E-state index contributed by atoms with van der Waals surface area (Å²) in [4.78, 5) is 26.3. The number of carbonyl (C=O) groups is 1. The summed E-state index contributed by atoms with van der Waals surface area (Å²) < 4.78 is 23.0. The Morgan fingerprint density at radius 2 is 1.92 bits per heavy atom. The van der Waals surface area contributed by atoms with E-state index in [0.717, 1.165) is 5.56 Å². The SMILES string of the molecule is COc1cc(-c2ccn3nc(Nc4cccc(CNC(=O)c5cccc6c5OCO6)n4)cc3n2)cnc1OC. The molecule has 0 saturated carbocycles. The second-order valence-electron chi connectivity index (χ2n) is 8.44. The van der Waals surface area contributed by atoms with E-state index in [1.807, 2.05) is 42.6 Å². The molecule has 39 heavy (non-hydrogen) atoms. The third kappa shape index (κ3) is 4.82. The van der Waals surface area contributed by atoms with E-state index in [1.54, 1.807) is 36.0 Å². The molecular weight excluding hydrogens is 502 g/mol. The van der Waals surface area contributed by atoms with E-state index in [-0.39, 0.29) is 19.2 Å². The number of fused-ring (bicyclic) bond motifs is 2. The summed E-state index contributed by atoms with van der Waals surface area (Å²) in [6.07, 6.45) is 3.49. The summed E-state index contributed by atoms with van der Waals surface area (Å²) in [7, 11) is 3.10. The van der Waals surface area contributed by atoms with Gasteiger partial charge in [0.1, 0.15) is 5.82 Å². The average molecular weight is 526 g/mol. The standard InChI is InChI=1S/C27H23N7O5/c1-36-21-11-16(13-29-27(21)37-2)19-9-10-34-24(31-19)12-23(33-34)32-22-8-3-5-17(30-22)14-28-26(35)18-6-4-7-20-25(18)39-15-38-20/h3-13H,14-15H2,1-2H3,(H,28,35)(H,30,32,33). The van der Waals surface area contributed by atoms with Crippen molar-refractivity contribution < 1.29 is 23.7 Å². The van der Waals surface area contributed by atoms with Crippen LogP contribution in [0.1, 0.15) is 16.1 Å². The zero-order valence-corrected chi connectivity index (χ0v) is 21.0. The van der Waals surface area contributed by atoms with Gasteiger partial charge in [-0.3, -0.25) is 4.79 Å². The molecule has 1 amide bonds. The van der Waals surface area contributed by atoms with Crippen LogP contribution in [0, 0.1) is 0 Å². The fourth-order valence-corrected chi connectivity index (χ4v) is 4.13. The van der Waals surface area contributed by atoms with Gasteiger partial charge >= 0.3 is 0 Å². The van der Waals surface area contributed by atoms with Crippen LogP contribution in [0.4, 0.5) is 11.6 Å². The highest BCUT2D eigenvalue weighted by Gasteiger charge is 2.21. The summed E-state index contributed by atoms with van der Waals surface area (Å²) in [6.45, 7) is 0.330. The van der Waals surface area contributed by atoms with Gasteiger partial charge in [0.05, 0.1) is 37.7 Å². The van der Waals surface area contributed by atoms with E-state index in [0.29, 0.717) is 57.4 Å². The first-order valence-electron chi connectivity index (χ1n) is 12.0. The van der Waals surface area contributed by atoms with Crippen LogP contribution < -0.4 is 29.6 Å². The maximum absolute atomic E-state index is 12.7. The molecule has 2 N–H and O–H groups in total. The molecular formula is C27H23N7O5. The van der Waals surface area contributed by atoms with Gasteiger partial charge in [-0.15, -0.1) is 5.10 Å². The number of para-hydroxylation sites is 1. The lowest BCUT2D eigenvalue weighted by Crippen LogP contribution is -2.23. The molecule has 0 aliphatic carbocycles. The Morgan fingerprint density at radius 3 is 2.79 bits per heavy atom. The van der Waals surface area contributed by atoms with Gasteiger partial charge in [-0.1, -0.05) is 12.1 Å². The van der Waals surface area contributed by atoms with Crippen LogP contribution in [-0.4, -0.2) is 51.5 Å². The van der Waals surface area contributed by atoms with E-state index >= 15 is 0 Å². The van der Waals surface area contributed by atoms with Crippen molar-refractivity contribution in [1.82, 2.24) is 29.9 Å². The van der Waals surface area contributed by atoms with Gasteiger partial charge in [-0.2, -0.15) is 0 Å². The maximum Gasteiger partial charge on any atom is 0.256 e. The summed E-state index contributed by atoms with van der Waals surface area (Å²) in [6, 6.07) is 16.2. The maximum atomic E-state index is 12.7. The van der Waals surface area contributed by atoms with Gasteiger partial charge in [0, 0.05) is 24.0 Å². The Morgan fingerprint density at radius 1 is 1.03 bits per heavy atom. The number of anilines is 2. The molecule has 12 heteroatoms. The van der Waals surface area contributed by atoms with Crippen molar-refractivity contribution in [3.05, 3.63) is 78.2 Å². The number of methoxy groups -OCH3 is 2. The Bertz CT molecular complexity index is 1690. The van der Waals surface area contributed by atoms with E-state index in [4.69, 9.17) is 23.9 Å². The molecule has 0 saturated heterocycles. The highest BCUT2D eigenvalue weighted by molar-refractivity contribution is 5.97. The van der Waals surface area contributed by atoms with Crippen molar-refractivity contribution >= 4 is 23.2 Å². The lowest BCUT2D eigenvalue weighted by molar-refractivity contribution is 0.0945. The predicted octanol–water partition coefficient (Wildman–Crippen LogP) is 3.61. The van der Waals surface area contributed by atoms with Gasteiger partial charge in [0.15, 0.2) is 28.7 Å². The number of nitrogens with zero attached hydrogens (tertiary/aromatic N) is 5. The third-order valence-corrected chi connectivity index (χ3v) is 5.99. The van der Waals surface area contributed by atoms with E-state index in [1.165, 1.54) is 7.11 Å². The predicted molar refractivity (Wildman–Crippen MR) is 141 cm³/mol. The largest absolute Gasteiger partial charge is 0.491 e. The molecule has 5 heterocycles. The minimum atomic E-state index is -0.274. The van der Waals surface area contributed by atoms with Crippen LogP contribution in [0.25, 0.3) is 16.9 Å². The van der Waals surface area contributed by atoms with Crippen molar-refractivity contribution in [1.29, 1.82) is 0 Å². The molecule has 1 aliphatic heterocycles. The van der Waals surface area contributed by atoms with E-state index < -0.39 is 0 Å². The zero-order chi connectivity index (χ0) is 26.8. The first kappa shape index (κ1) is 24.0. The summed E-state index contributed by atoms with van der Waals surface area (Å²) >= 11 is 0. The molecule has 0 unspecified atom stereocenters. The minimum absolute atomic E-state index is 0.0994. The molecule has 5 aromatic rings. The van der Waals surface area contributed by atoms with Crippen LogP contribution in [0.2, 0.25) is 0 Å². The smallest absolute Gasteiger partial charge is 0.256 e. The molecule has 0 spiro atoms. The second-order valence-corrected chi connectivity index (χ2v) is 8.44. The van der Waals surface area contributed by atoms with Crippen molar-refractivity contribution in [2.75, 3.05) is 26.3 Å². The Kier molecular flexibility index (Phi) is 6.25. The molecule has 0 radical (unpaired) electrons. The van der Waals surface area contributed by atoms with Crippen LogP contribution in [-0.2, 0) is 6.54 Å². The molecule has 0 bridgehead atoms. The first-order chi connectivity index (χ1) is 19.1. The zero-order valence-electron chi connectivity index (χ0n) is 21.0. The Labute approximate surface area is 222 Å². The van der Waals surface area contributed by atoms with E-state index in [2.05, 4.69) is 25.7 Å². The van der Waals surface area contributed by atoms with Gasteiger partial charge in [0.25, 0.3) is 11.8 Å². The number of rotatable bonds is 8. The highest BCUT2D eigenvalue weighted by atomic mass is 16.7. The normalized spacial score (nSPS) is 11.8. The fraction of sp³-hybridized carbons (Fsp3) is 0.148. The second kappa shape index (κ2) is 10.2. The molecule has 1 aliphatic rings. The van der Waals surface area contributed by atoms with Crippen molar-refractivity contribution in [3.8, 4) is 34.4 Å². The molecule has 4 aromatic heterocycles. The number of pyridine rings is 2. The third-order valence-electron chi connectivity index (χ3n) is 5.99. The van der Waals surface area contributed by atoms with E-state index in [9.17, 15) is 4.79 Å². The van der Waals surface area contributed by atoms with Crippen molar-refractivity contribution in [2.24, 2.45) is 0 Å². The number of nitrogens with one attached hydrogen (secondary N) is 2. The Balaban J connectivity index is 1.15. The van der Waals surface area contributed by atoms with Gasteiger partial charge in [-0.25, -0.2) is 19.5 Å². The van der Waals surface area contributed by atoms with Crippen LogP contribution >= 0.6 is 0 Å². The molecule has 12 nitrogen and oxygen atoms in total. The van der Waals surface area contributed by atoms with Crippen molar-refractivity contribution in [2.45, 2.75) is 6.54 Å². The summed E-state index contributed by atoms with van der Waals surface area (Å²) in [5.41, 5.74) is 3.21. The molecule has 0 atom stereocenters.